The Morgan fingerprint density at radius 2 is 1.81 bits per heavy atom. The van der Waals surface area contributed by atoms with Gasteiger partial charge in [-0.05, 0) is 54.4 Å². The molecule has 0 saturated carbocycles. The second-order valence-electron chi connectivity index (χ2n) is 8.01. The normalized spacial score (nSPS) is 20.8. The highest BCUT2D eigenvalue weighted by Crippen LogP contribution is 2.47. The van der Waals surface area contributed by atoms with E-state index in [0.717, 1.165) is 22.7 Å². The van der Waals surface area contributed by atoms with Gasteiger partial charge in [-0.3, -0.25) is 9.59 Å². The Labute approximate surface area is 193 Å². The van der Waals surface area contributed by atoms with Crippen LogP contribution < -0.4 is 10.6 Å². The number of carbonyl (C=O) groups is 2. The van der Waals surface area contributed by atoms with E-state index in [9.17, 15) is 14.0 Å². The zero-order chi connectivity index (χ0) is 22.2. The molecule has 1 aliphatic heterocycles. The van der Waals surface area contributed by atoms with Gasteiger partial charge in [-0.15, -0.1) is 22.7 Å². The molecule has 1 aromatic carbocycles. The number of hydrogen-bond acceptors (Lipinski definition) is 5. The van der Waals surface area contributed by atoms with Gasteiger partial charge in [0.1, 0.15) is 5.82 Å². The Morgan fingerprint density at radius 1 is 1.06 bits per heavy atom. The van der Waals surface area contributed by atoms with Gasteiger partial charge in [0.2, 0.25) is 0 Å². The summed E-state index contributed by atoms with van der Waals surface area (Å²) in [5.41, 5.74) is 3.18. The van der Waals surface area contributed by atoms with E-state index in [1.807, 2.05) is 35.9 Å². The third-order valence-corrected chi connectivity index (χ3v) is 7.90. The molecule has 162 valence electrons. The molecule has 1 amide bonds. The molecule has 7 heteroatoms. The van der Waals surface area contributed by atoms with Crippen LogP contribution in [0.4, 0.5) is 10.1 Å². The maximum atomic E-state index is 13.6. The van der Waals surface area contributed by atoms with Crippen molar-refractivity contribution in [3.8, 4) is 0 Å². The molecule has 0 spiro atoms. The van der Waals surface area contributed by atoms with Gasteiger partial charge in [0.15, 0.2) is 5.78 Å². The Bertz CT molecular complexity index is 1240. The van der Waals surface area contributed by atoms with Gasteiger partial charge in [-0.25, -0.2) is 4.39 Å². The number of carbonyl (C=O) groups excluding carboxylic acids is 2. The van der Waals surface area contributed by atoms with Crippen molar-refractivity contribution >= 4 is 40.1 Å². The van der Waals surface area contributed by atoms with E-state index in [2.05, 4.69) is 16.7 Å². The van der Waals surface area contributed by atoms with E-state index < -0.39 is 11.7 Å². The first kappa shape index (κ1) is 20.8. The molecule has 32 heavy (non-hydrogen) atoms. The fraction of sp³-hybridized carbons (Fsp3) is 0.200. The number of benzene rings is 1. The Balaban J connectivity index is 1.53. The summed E-state index contributed by atoms with van der Waals surface area (Å²) in [6, 6.07) is 13.8. The number of Topliss-reactive ketones (excluding diaryl/α,β-unsaturated/α-hetero) is 1. The van der Waals surface area contributed by atoms with Crippen LogP contribution in [0.1, 0.15) is 41.4 Å². The molecular formula is C25H21FN2O2S2. The molecular weight excluding hydrogens is 443 g/mol. The summed E-state index contributed by atoms with van der Waals surface area (Å²) < 4.78 is 13.6. The number of hydrogen-bond donors (Lipinski definition) is 2. The van der Waals surface area contributed by atoms with Gasteiger partial charge in [-0.1, -0.05) is 18.2 Å². The summed E-state index contributed by atoms with van der Waals surface area (Å²) in [5.74, 6) is -0.972. The number of nitrogens with one attached hydrogen (secondary N) is 2. The van der Waals surface area contributed by atoms with E-state index >= 15 is 0 Å². The standard InChI is InChI=1S/C25H21FN2O2S2/c1-14-22(25(30)28-17-6-2-5-16(26)13-17)24(21-8-4-10-32-21)23-18(27-14)11-15(12-19(23)29)20-7-3-9-31-20/h2-10,13,15,24,27H,11-12H2,1H3,(H,28,30)/t15-,24+/m0/s1. The van der Waals surface area contributed by atoms with Crippen molar-refractivity contribution in [2.24, 2.45) is 0 Å². The average molecular weight is 465 g/mol. The minimum absolute atomic E-state index is 0.0686. The number of anilines is 1. The molecule has 2 aliphatic rings. The lowest BCUT2D eigenvalue weighted by Gasteiger charge is -2.36. The smallest absolute Gasteiger partial charge is 0.254 e. The van der Waals surface area contributed by atoms with Crippen molar-refractivity contribution in [3.63, 3.8) is 0 Å². The fourth-order valence-electron chi connectivity index (χ4n) is 4.57. The van der Waals surface area contributed by atoms with Crippen LogP contribution in [-0.2, 0) is 9.59 Å². The molecule has 2 N–H and O–H groups in total. The number of allylic oxidation sites excluding steroid dienone is 3. The van der Waals surface area contributed by atoms with Gasteiger partial charge >= 0.3 is 0 Å². The fourth-order valence-corrected chi connectivity index (χ4v) is 6.24. The largest absolute Gasteiger partial charge is 0.362 e. The number of ketones is 1. The minimum atomic E-state index is -0.434. The number of rotatable bonds is 4. The van der Waals surface area contributed by atoms with E-state index in [0.29, 0.717) is 23.3 Å². The topological polar surface area (TPSA) is 58.2 Å². The number of amides is 1. The molecule has 1 aliphatic carbocycles. The zero-order valence-electron chi connectivity index (χ0n) is 17.4. The Kier molecular flexibility index (Phi) is 5.53. The predicted octanol–water partition coefficient (Wildman–Crippen LogP) is 5.95. The van der Waals surface area contributed by atoms with Gasteiger partial charge in [0.05, 0.1) is 5.92 Å². The van der Waals surface area contributed by atoms with Crippen molar-refractivity contribution in [1.29, 1.82) is 0 Å². The van der Waals surface area contributed by atoms with Crippen LogP contribution in [0.15, 0.2) is 81.8 Å². The van der Waals surface area contributed by atoms with Crippen molar-refractivity contribution in [2.75, 3.05) is 5.32 Å². The Hall–Kier alpha value is -3.03. The third-order valence-electron chi connectivity index (χ3n) is 5.93. The molecule has 2 aromatic heterocycles. The molecule has 3 aromatic rings. The predicted molar refractivity (Wildman–Crippen MR) is 126 cm³/mol. The summed E-state index contributed by atoms with van der Waals surface area (Å²) in [6.45, 7) is 1.87. The maximum absolute atomic E-state index is 13.6. The highest BCUT2D eigenvalue weighted by molar-refractivity contribution is 7.10. The van der Waals surface area contributed by atoms with Gasteiger partial charge in [0, 0.05) is 50.3 Å². The molecule has 0 fully saturated rings. The van der Waals surface area contributed by atoms with Crippen LogP contribution in [0, 0.1) is 5.82 Å². The monoisotopic (exact) mass is 464 g/mol. The van der Waals surface area contributed by atoms with Gasteiger partial charge in [-0.2, -0.15) is 0 Å². The van der Waals surface area contributed by atoms with Crippen molar-refractivity contribution in [2.45, 2.75) is 31.6 Å². The average Bonchev–Trinajstić information content (AvgIpc) is 3.47. The Morgan fingerprint density at radius 3 is 2.50 bits per heavy atom. The lowest BCUT2D eigenvalue weighted by atomic mass is 9.74. The first-order valence-electron chi connectivity index (χ1n) is 10.4. The summed E-state index contributed by atoms with van der Waals surface area (Å²) in [7, 11) is 0. The number of thiophene rings is 2. The molecule has 0 radical (unpaired) electrons. The molecule has 0 bridgehead atoms. The number of halogens is 1. The van der Waals surface area contributed by atoms with Crippen molar-refractivity contribution in [3.05, 3.63) is 97.4 Å². The lowest BCUT2D eigenvalue weighted by molar-refractivity contribution is -0.116. The molecule has 4 nitrogen and oxygen atoms in total. The van der Waals surface area contributed by atoms with Gasteiger partial charge in [0.25, 0.3) is 5.91 Å². The second kappa shape index (κ2) is 8.48. The van der Waals surface area contributed by atoms with Crippen molar-refractivity contribution in [1.82, 2.24) is 5.32 Å². The van der Waals surface area contributed by atoms with Crippen molar-refractivity contribution < 1.29 is 14.0 Å². The summed E-state index contributed by atoms with van der Waals surface area (Å²) in [4.78, 5) is 28.9. The van der Waals surface area contributed by atoms with E-state index in [1.165, 1.54) is 28.3 Å². The van der Waals surface area contributed by atoms with Crippen LogP contribution in [0.3, 0.4) is 0 Å². The quantitative estimate of drug-likeness (QED) is 0.502. The van der Waals surface area contributed by atoms with Gasteiger partial charge < -0.3 is 10.6 Å². The molecule has 0 saturated heterocycles. The molecule has 0 unspecified atom stereocenters. The first-order valence-corrected chi connectivity index (χ1v) is 12.1. The molecule has 5 rings (SSSR count). The highest BCUT2D eigenvalue weighted by Gasteiger charge is 2.41. The summed E-state index contributed by atoms with van der Waals surface area (Å²) >= 11 is 3.20. The maximum Gasteiger partial charge on any atom is 0.254 e. The summed E-state index contributed by atoms with van der Waals surface area (Å²) in [5, 5.41) is 10.2. The van der Waals surface area contributed by atoms with E-state index in [1.54, 1.807) is 23.5 Å². The van der Waals surface area contributed by atoms with E-state index in [4.69, 9.17) is 0 Å². The SMILES string of the molecule is CC1=C(C(=O)Nc2cccc(F)c2)[C@@H](c2cccs2)C2=C(C[C@H](c3cccs3)CC2=O)N1. The highest BCUT2D eigenvalue weighted by atomic mass is 32.1. The van der Waals surface area contributed by atoms with Crippen LogP contribution in [0.5, 0.6) is 0 Å². The van der Waals surface area contributed by atoms with Crippen LogP contribution in [-0.4, -0.2) is 11.7 Å². The third kappa shape index (κ3) is 3.82. The number of dihydropyridines is 1. The second-order valence-corrected chi connectivity index (χ2v) is 9.97. The van der Waals surface area contributed by atoms with Crippen LogP contribution in [0.25, 0.3) is 0 Å². The van der Waals surface area contributed by atoms with E-state index in [-0.39, 0.29) is 17.6 Å². The lowest BCUT2D eigenvalue weighted by Crippen LogP contribution is -2.36. The molecule has 3 heterocycles. The zero-order valence-corrected chi connectivity index (χ0v) is 19.0. The van der Waals surface area contributed by atoms with Crippen LogP contribution in [0.2, 0.25) is 0 Å². The minimum Gasteiger partial charge on any atom is -0.362 e. The first-order chi connectivity index (χ1) is 15.5. The van der Waals surface area contributed by atoms with Crippen LogP contribution >= 0.6 is 22.7 Å². The molecule has 2 atom stereocenters. The summed E-state index contributed by atoms with van der Waals surface area (Å²) in [6.07, 6.45) is 1.17.